The predicted octanol–water partition coefficient (Wildman–Crippen LogP) is 5.55. The van der Waals surface area contributed by atoms with E-state index >= 15 is 0 Å². The third-order valence-corrected chi connectivity index (χ3v) is 15.6. The van der Waals surface area contributed by atoms with E-state index in [9.17, 15) is 62.3 Å². The Morgan fingerprint density at radius 1 is 0.180 bits per heavy atom. The molecule has 27 nitrogen and oxygen atoms in total. The Balaban J connectivity index is -0.00000152. The number of carbonyl (C=O) groups excluding carboxylic acids is 13. The Hall–Kier alpha value is -2.38. The highest BCUT2D eigenvalue weighted by Crippen LogP contribution is 2.29. The number of carbonyl (C=O) groups is 13. The Morgan fingerprint density at radius 2 is 0.280 bits per heavy atom. The molecule has 0 aliphatic rings. The van der Waals surface area contributed by atoms with E-state index in [1.807, 2.05) is 6.92 Å². The SMILES string of the molecule is CCC(COC(=O)CCS)(COC(=O)CCS)COC(=O)CCS.O=C(CCS)OCC(COC(=O)CCS)(COC(=O)CCS)COC(=O)CCS.O=C(CCS)OCC(COCC(COC(=O)CCS)(COC(=O)CCS)COC(=O)CCS)(COC(=O)CCS)COC(=O)CCS. The molecule has 100 heavy (non-hydrogen) atoms. The van der Waals surface area contributed by atoms with Crippen LogP contribution in [-0.2, 0) is 129 Å². The third-order valence-electron chi connectivity index (χ3n) is 12.7. The maximum atomic E-state index is 12.3. The first-order chi connectivity index (χ1) is 47.7. The fraction of sp³-hybridized carbons (Fsp3) is 0.783. The molecule has 0 saturated carbocycles. The number of hydrogen-bond donors (Lipinski definition) is 13. The van der Waals surface area contributed by atoms with Gasteiger partial charge in [-0.05, 0) is 6.42 Å². The van der Waals surface area contributed by atoms with Crippen molar-refractivity contribution in [2.24, 2.45) is 21.7 Å². The van der Waals surface area contributed by atoms with E-state index in [0.717, 1.165) is 0 Å². The second kappa shape index (κ2) is 65.0. The van der Waals surface area contributed by atoms with E-state index < -0.39 is 99.3 Å². The maximum absolute atomic E-state index is 12.3. The van der Waals surface area contributed by atoms with Crippen molar-refractivity contribution in [2.75, 3.05) is 174 Å². The minimum Gasteiger partial charge on any atom is -0.465 e. The molecule has 0 amide bonds. The number of hydrogen-bond acceptors (Lipinski definition) is 40. The fourth-order valence-electron chi connectivity index (χ4n) is 6.83. The number of thiol groups is 13. The van der Waals surface area contributed by atoms with Gasteiger partial charge in [0.15, 0.2) is 0 Å². The van der Waals surface area contributed by atoms with Gasteiger partial charge < -0.3 is 66.3 Å². The summed E-state index contributed by atoms with van der Waals surface area (Å²) in [6.45, 7) is -2.30. The standard InChI is InChI=1S/C28H46O13S6.C17H28O8S4.C15H26O6S3/c29-21(1-7-42)36-15-27(16-37-22(30)2-8-43,17-38-23(31)3-9-44)13-35-14-28(18-39-24(32)4-10-45,19-40-25(33)5-11-46)20-41-26(34)6-12-47;18-13(1-5-26)22-9-17(10-23-14(19)2-6-27,11-24-15(20)3-7-28)12-25-16(21)4-8-29;1-2-15(9-19-12(16)3-6-22,10-20-13(17)4-7-23)11-21-14(18)5-8-24/h42-47H,1-20H2;26-29H,1-12H2;22-24H,2-11H2,1H3. The molecule has 0 unspecified atom stereocenters. The van der Waals surface area contributed by atoms with Gasteiger partial charge >= 0.3 is 77.6 Å². The highest BCUT2D eigenvalue weighted by atomic mass is 32.1. The van der Waals surface area contributed by atoms with Crippen LogP contribution in [0, 0.1) is 21.7 Å². The molecule has 40 heteroatoms. The second-order valence-corrected chi connectivity index (χ2v) is 27.4. The summed E-state index contributed by atoms with van der Waals surface area (Å²) >= 11 is 52.0. The topological polar surface area (TPSA) is 351 Å². The van der Waals surface area contributed by atoms with Gasteiger partial charge in [-0.1, -0.05) is 6.92 Å². The van der Waals surface area contributed by atoms with Crippen LogP contribution in [0.25, 0.3) is 0 Å². The summed E-state index contributed by atoms with van der Waals surface area (Å²) in [5, 5.41) is 0. The molecule has 0 saturated heterocycles. The zero-order chi connectivity index (χ0) is 76.1. The molecule has 0 aromatic heterocycles. The summed E-state index contributed by atoms with van der Waals surface area (Å²) < 4.78 is 75.2. The van der Waals surface area contributed by atoms with Gasteiger partial charge in [0.2, 0.25) is 0 Å². The Kier molecular flexibility index (Phi) is 66.1. The largest absolute Gasteiger partial charge is 0.465 e. The molecule has 0 fully saturated rings. The normalized spacial score (nSPS) is 11.1. The first-order valence-corrected chi connectivity index (χ1v) is 39.4. The molecule has 0 atom stereocenters. The van der Waals surface area contributed by atoms with Gasteiger partial charge in [-0.25, -0.2) is 0 Å². The van der Waals surface area contributed by atoms with Crippen LogP contribution in [0.3, 0.4) is 0 Å². The van der Waals surface area contributed by atoms with Crippen molar-refractivity contribution >= 4 is 242 Å². The lowest BCUT2D eigenvalue weighted by Crippen LogP contribution is -2.47. The molecule has 0 bridgehead atoms. The lowest BCUT2D eigenvalue weighted by molar-refractivity contribution is -0.177. The van der Waals surface area contributed by atoms with Crippen LogP contribution in [-0.4, -0.2) is 251 Å². The van der Waals surface area contributed by atoms with Gasteiger partial charge in [0, 0.05) is 74.8 Å². The van der Waals surface area contributed by atoms with Gasteiger partial charge in [0.1, 0.15) is 91.3 Å². The first kappa shape index (κ1) is 102. The summed E-state index contributed by atoms with van der Waals surface area (Å²) in [6.07, 6.45) is 1.21. The van der Waals surface area contributed by atoms with Crippen LogP contribution in [0.15, 0.2) is 0 Å². The van der Waals surface area contributed by atoms with Gasteiger partial charge in [-0.15, -0.1) is 0 Å². The Bertz CT molecular complexity index is 2050. The molecule has 0 aliphatic heterocycles. The van der Waals surface area contributed by atoms with Crippen LogP contribution in [0.1, 0.15) is 96.8 Å². The molecule has 580 valence electrons. The molecule has 0 rings (SSSR count). The highest BCUT2D eigenvalue weighted by Gasteiger charge is 2.42. The summed E-state index contributed by atoms with van der Waals surface area (Å²) in [5.74, 6) is -3.40. The average molecular weight is 1670 g/mol. The van der Waals surface area contributed by atoms with Crippen LogP contribution in [0.2, 0.25) is 0 Å². The number of esters is 13. The Labute approximate surface area is 657 Å². The van der Waals surface area contributed by atoms with E-state index in [-0.39, 0.29) is 240 Å². The van der Waals surface area contributed by atoms with Crippen molar-refractivity contribution in [3.63, 3.8) is 0 Å². The molecule has 0 heterocycles. The van der Waals surface area contributed by atoms with Gasteiger partial charge in [-0.2, -0.15) is 164 Å². The van der Waals surface area contributed by atoms with Crippen LogP contribution in [0.4, 0.5) is 0 Å². The second-order valence-electron chi connectivity index (χ2n) is 21.6. The summed E-state index contributed by atoms with van der Waals surface area (Å²) in [4.78, 5) is 156. The van der Waals surface area contributed by atoms with Gasteiger partial charge in [0.25, 0.3) is 0 Å². The Morgan fingerprint density at radius 3 is 0.380 bits per heavy atom. The number of ether oxygens (including phenoxy) is 14. The molecular formula is C60H100O27S13. The molecule has 0 aliphatic carbocycles. The monoisotopic (exact) mass is 1670 g/mol. The molecule has 0 spiro atoms. The summed E-state index contributed by atoms with van der Waals surface area (Å²) in [7, 11) is 0. The van der Waals surface area contributed by atoms with Crippen molar-refractivity contribution < 1.29 is 129 Å². The van der Waals surface area contributed by atoms with Crippen molar-refractivity contribution in [1.82, 2.24) is 0 Å². The summed E-state index contributed by atoms with van der Waals surface area (Å²) in [5.41, 5.74) is -4.85. The van der Waals surface area contributed by atoms with Crippen molar-refractivity contribution in [3.8, 4) is 0 Å². The van der Waals surface area contributed by atoms with Crippen LogP contribution < -0.4 is 0 Å². The lowest BCUT2D eigenvalue weighted by Gasteiger charge is -2.35. The van der Waals surface area contributed by atoms with E-state index in [1.54, 1.807) is 0 Å². The predicted molar refractivity (Wildman–Crippen MR) is 413 cm³/mol. The van der Waals surface area contributed by atoms with Crippen molar-refractivity contribution in [3.05, 3.63) is 0 Å². The third kappa shape index (κ3) is 54.2. The average Bonchev–Trinajstić information content (AvgIpc) is 0.856. The van der Waals surface area contributed by atoms with Crippen LogP contribution in [0.5, 0.6) is 0 Å². The molecule has 0 N–H and O–H groups in total. The van der Waals surface area contributed by atoms with E-state index in [2.05, 4.69) is 164 Å². The molecule has 0 aromatic rings. The van der Waals surface area contributed by atoms with E-state index in [1.165, 1.54) is 0 Å². The quantitative estimate of drug-likeness (QED) is 0.0202. The molecule has 0 aromatic carbocycles. The minimum absolute atomic E-state index is 0.00157. The minimum atomic E-state index is -1.41. The first-order valence-electron chi connectivity index (χ1n) is 31.2. The molecular weight excluding hydrogens is 1570 g/mol. The van der Waals surface area contributed by atoms with Crippen LogP contribution >= 0.6 is 164 Å². The van der Waals surface area contributed by atoms with Crippen molar-refractivity contribution in [1.29, 1.82) is 0 Å². The molecule has 0 radical (unpaired) electrons. The number of rotatable bonds is 57. The van der Waals surface area contributed by atoms with Crippen molar-refractivity contribution in [2.45, 2.75) is 96.8 Å². The zero-order valence-corrected chi connectivity index (χ0v) is 67.7. The summed E-state index contributed by atoms with van der Waals surface area (Å²) in [6, 6.07) is 0. The zero-order valence-electron chi connectivity index (χ0n) is 56.0. The van der Waals surface area contributed by atoms with E-state index in [4.69, 9.17) is 66.3 Å². The van der Waals surface area contributed by atoms with E-state index in [0.29, 0.717) is 23.7 Å². The van der Waals surface area contributed by atoms with Gasteiger partial charge in [0.05, 0.1) is 113 Å². The lowest BCUT2D eigenvalue weighted by atomic mass is 9.88. The smallest absolute Gasteiger partial charge is 0.306 e. The fourth-order valence-corrected chi connectivity index (χ4v) is 9.20. The van der Waals surface area contributed by atoms with Gasteiger partial charge in [-0.3, -0.25) is 62.3 Å². The maximum Gasteiger partial charge on any atom is 0.306 e. The highest BCUT2D eigenvalue weighted by molar-refractivity contribution is 7.82.